The van der Waals surface area contributed by atoms with Gasteiger partial charge in [-0.2, -0.15) is 0 Å². The van der Waals surface area contributed by atoms with E-state index in [0.717, 1.165) is 22.0 Å². The van der Waals surface area contributed by atoms with Gasteiger partial charge in [0.15, 0.2) is 0 Å². The molecule has 0 saturated carbocycles. The maximum absolute atomic E-state index is 13.5. The number of para-hydroxylation sites is 1. The standard InChI is InChI=1S/C24H24N2O4S/c1-18-15-19-9-6-7-14-23(19)26(18)24(27)17-25(20-10-8-11-21(16-20)30-2)31(28,29)22-12-4-3-5-13-22/h3-14,16,18H,15,17H2,1-2H3. The van der Waals surface area contributed by atoms with Gasteiger partial charge in [-0.1, -0.05) is 42.5 Å². The van der Waals surface area contributed by atoms with Crippen molar-refractivity contribution in [1.82, 2.24) is 0 Å². The number of methoxy groups -OCH3 is 1. The maximum atomic E-state index is 13.5. The molecule has 6 nitrogen and oxygen atoms in total. The maximum Gasteiger partial charge on any atom is 0.264 e. The summed E-state index contributed by atoms with van der Waals surface area (Å²) in [4.78, 5) is 15.2. The Morgan fingerprint density at radius 1 is 1.03 bits per heavy atom. The van der Waals surface area contributed by atoms with E-state index in [1.165, 1.54) is 19.2 Å². The number of hydrogen-bond acceptors (Lipinski definition) is 4. The summed E-state index contributed by atoms with van der Waals surface area (Å²) < 4.78 is 33.5. The van der Waals surface area contributed by atoms with Crippen LogP contribution in [-0.2, 0) is 21.2 Å². The second-order valence-corrected chi connectivity index (χ2v) is 9.33. The first-order chi connectivity index (χ1) is 14.9. The molecule has 1 aliphatic heterocycles. The Hall–Kier alpha value is -3.32. The lowest BCUT2D eigenvalue weighted by Crippen LogP contribution is -2.45. The van der Waals surface area contributed by atoms with Gasteiger partial charge in [0.05, 0.1) is 17.7 Å². The van der Waals surface area contributed by atoms with Gasteiger partial charge in [-0.25, -0.2) is 8.42 Å². The average molecular weight is 437 g/mol. The van der Waals surface area contributed by atoms with Crippen LogP contribution >= 0.6 is 0 Å². The topological polar surface area (TPSA) is 66.9 Å². The van der Waals surface area contributed by atoms with E-state index < -0.39 is 10.0 Å². The van der Waals surface area contributed by atoms with Crippen molar-refractivity contribution < 1.29 is 17.9 Å². The van der Waals surface area contributed by atoms with E-state index in [4.69, 9.17) is 4.74 Å². The first-order valence-corrected chi connectivity index (χ1v) is 11.5. The molecule has 1 aliphatic rings. The summed E-state index contributed by atoms with van der Waals surface area (Å²) in [6, 6.07) is 22.6. The fraction of sp³-hybridized carbons (Fsp3) is 0.208. The van der Waals surface area contributed by atoms with E-state index in [2.05, 4.69) is 0 Å². The molecule has 3 aromatic carbocycles. The van der Waals surface area contributed by atoms with Crippen LogP contribution in [0.25, 0.3) is 0 Å². The molecule has 0 saturated heterocycles. The number of ether oxygens (including phenoxy) is 1. The predicted molar refractivity (Wildman–Crippen MR) is 121 cm³/mol. The number of anilines is 2. The normalized spacial score (nSPS) is 15.4. The van der Waals surface area contributed by atoms with E-state index in [0.29, 0.717) is 11.4 Å². The molecule has 1 heterocycles. The molecular formula is C24H24N2O4S. The quantitative estimate of drug-likeness (QED) is 0.588. The zero-order valence-electron chi connectivity index (χ0n) is 17.4. The lowest BCUT2D eigenvalue weighted by atomic mass is 10.1. The molecular weight excluding hydrogens is 412 g/mol. The summed E-state index contributed by atoms with van der Waals surface area (Å²) in [7, 11) is -2.45. The zero-order chi connectivity index (χ0) is 22.0. The predicted octanol–water partition coefficient (Wildman–Crippen LogP) is 3.87. The summed E-state index contributed by atoms with van der Waals surface area (Å²) in [5.41, 5.74) is 2.29. The molecule has 0 radical (unpaired) electrons. The molecule has 0 aromatic heterocycles. The molecule has 3 aromatic rings. The van der Waals surface area contributed by atoms with Gasteiger partial charge in [0.2, 0.25) is 5.91 Å². The van der Waals surface area contributed by atoms with Crippen LogP contribution < -0.4 is 13.9 Å². The number of sulfonamides is 1. The Bertz CT molecular complexity index is 1190. The molecule has 160 valence electrons. The highest BCUT2D eigenvalue weighted by Crippen LogP contribution is 2.33. The third kappa shape index (κ3) is 4.01. The van der Waals surface area contributed by atoms with Crippen molar-refractivity contribution in [2.45, 2.75) is 24.3 Å². The largest absolute Gasteiger partial charge is 0.497 e. The molecule has 1 amide bonds. The summed E-state index contributed by atoms with van der Waals surface area (Å²) in [6.45, 7) is 1.66. The highest BCUT2D eigenvalue weighted by Gasteiger charge is 2.34. The van der Waals surface area contributed by atoms with Gasteiger partial charge < -0.3 is 9.64 Å². The van der Waals surface area contributed by atoms with Crippen molar-refractivity contribution in [3.8, 4) is 5.75 Å². The van der Waals surface area contributed by atoms with Crippen LogP contribution in [0.15, 0.2) is 83.8 Å². The second kappa shape index (κ2) is 8.43. The van der Waals surface area contributed by atoms with E-state index in [9.17, 15) is 13.2 Å². The smallest absolute Gasteiger partial charge is 0.264 e. The van der Waals surface area contributed by atoms with Crippen molar-refractivity contribution in [3.63, 3.8) is 0 Å². The lowest BCUT2D eigenvalue weighted by molar-refractivity contribution is -0.117. The molecule has 0 aliphatic carbocycles. The fourth-order valence-electron chi connectivity index (χ4n) is 3.94. The van der Waals surface area contributed by atoms with Crippen LogP contribution in [-0.4, -0.2) is 34.0 Å². The Kier molecular flexibility index (Phi) is 5.69. The number of fused-ring (bicyclic) bond motifs is 1. The van der Waals surface area contributed by atoms with E-state index >= 15 is 0 Å². The van der Waals surface area contributed by atoms with Gasteiger partial charge in [-0.05, 0) is 49.2 Å². The molecule has 0 bridgehead atoms. The summed E-state index contributed by atoms with van der Waals surface area (Å²) in [5.74, 6) is 0.234. The van der Waals surface area contributed by atoms with Gasteiger partial charge in [0, 0.05) is 17.8 Å². The highest BCUT2D eigenvalue weighted by atomic mass is 32.2. The number of hydrogen-bond donors (Lipinski definition) is 0. The second-order valence-electron chi connectivity index (χ2n) is 7.47. The van der Waals surface area contributed by atoms with Crippen LogP contribution in [0.4, 0.5) is 11.4 Å². The van der Waals surface area contributed by atoms with Crippen molar-refractivity contribution in [2.75, 3.05) is 22.9 Å². The number of carbonyl (C=O) groups is 1. The van der Waals surface area contributed by atoms with E-state index in [1.54, 1.807) is 47.4 Å². The minimum atomic E-state index is -3.97. The fourth-order valence-corrected chi connectivity index (χ4v) is 5.37. The highest BCUT2D eigenvalue weighted by molar-refractivity contribution is 7.92. The third-order valence-corrected chi connectivity index (χ3v) is 7.22. The third-order valence-electron chi connectivity index (χ3n) is 5.43. The Morgan fingerprint density at radius 2 is 1.74 bits per heavy atom. The van der Waals surface area contributed by atoms with Gasteiger partial charge >= 0.3 is 0 Å². The Morgan fingerprint density at radius 3 is 2.48 bits per heavy atom. The summed E-state index contributed by atoms with van der Waals surface area (Å²) in [5, 5.41) is 0. The summed E-state index contributed by atoms with van der Waals surface area (Å²) >= 11 is 0. The Labute approximate surface area is 182 Å². The minimum Gasteiger partial charge on any atom is -0.497 e. The van der Waals surface area contributed by atoms with Crippen LogP contribution in [0.5, 0.6) is 5.75 Å². The number of nitrogens with zero attached hydrogens (tertiary/aromatic N) is 2. The van der Waals surface area contributed by atoms with Crippen molar-refractivity contribution in [3.05, 3.63) is 84.4 Å². The molecule has 31 heavy (non-hydrogen) atoms. The molecule has 7 heteroatoms. The number of benzene rings is 3. The number of carbonyl (C=O) groups excluding carboxylic acids is 1. The van der Waals surface area contributed by atoms with E-state index in [-0.39, 0.29) is 23.4 Å². The van der Waals surface area contributed by atoms with Gasteiger partial charge in [-0.3, -0.25) is 9.10 Å². The molecule has 0 fully saturated rings. The van der Waals surface area contributed by atoms with Gasteiger partial charge in [0.1, 0.15) is 12.3 Å². The summed E-state index contributed by atoms with van der Waals surface area (Å²) in [6.07, 6.45) is 0.743. The number of amides is 1. The van der Waals surface area contributed by atoms with Crippen LogP contribution in [0.3, 0.4) is 0 Å². The molecule has 1 atom stereocenters. The van der Waals surface area contributed by atoms with Crippen molar-refractivity contribution >= 4 is 27.3 Å². The SMILES string of the molecule is COc1cccc(N(CC(=O)N2c3ccccc3CC2C)S(=O)(=O)c2ccccc2)c1. The van der Waals surface area contributed by atoms with E-state index in [1.807, 2.05) is 31.2 Å². The lowest BCUT2D eigenvalue weighted by Gasteiger charge is -2.29. The zero-order valence-corrected chi connectivity index (χ0v) is 18.2. The van der Waals surface area contributed by atoms with Crippen LogP contribution in [0.2, 0.25) is 0 Å². The van der Waals surface area contributed by atoms with Crippen molar-refractivity contribution in [2.24, 2.45) is 0 Å². The minimum absolute atomic E-state index is 0.0449. The Balaban J connectivity index is 1.74. The van der Waals surface area contributed by atoms with Crippen molar-refractivity contribution in [1.29, 1.82) is 0 Å². The van der Waals surface area contributed by atoms with Gasteiger partial charge in [-0.15, -0.1) is 0 Å². The molecule has 0 N–H and O–H groups in total. The average Bonchev–Trinajstić information content (AvgIpc) is 3.13. The molecule has 1 unspecified atom stereocenters. The molecule has 4 rings (SSSR count). The first kappa shape index (κ1) is 20.9. The van der Waals surface area contributed by atoms with Crippen LogP contribution in [0.1, 0.15) is 12.5 Å². The van der Waals surface area contributed by atoms with Gasteiger partial charge in [0.25, 0.3) is 10.0 Å². The first-order valence-electron chi connectivity index (χ1n) is 10.0. The number of rotatable bonds is 6. The monoisotopic (exact) mass is 436 g/mol. The van der Waals surface area contributed by atoms with Crippen LogP contribution in [0, 0.1) is 0 Å². The molecule has 0 spiro atoms.